The lowest BCUT2D eigenvalue weighted by Crippen LogP contribution is -2.54. The molecule has 0 aliphatic heterocycles. The van der Waals surface area contributed by atoms with E-state index in [0.29, 0.717) is 11.3 Å². The number of nitrogens with two attached hydrogens (primary N) is 1. The van der Waals surface area contributed by atoms with Gasteiger partial charge in [0.05, 0.1) is 0 Å². The van der Waals surface area contributed by atoms with Gasteiger partial charge in [0.15, 0.2) is 0 Å². The fourth-order valence-corrected chi connectivity index (χ4v) is 1.65. The maximum absolute atomic E-state index is 6.14. The standard InChI is InChI=1S/C12H26N2/c1-10(11(2,3)4)8-14-9-12(13)6-5-7-12/h10,14H,5-9,13H2,1-4H3. The van der Waals surface area contributed by atoms with Gasteiger partial charge in [-0.1, -0.05) is 27.7 Å². The third-order valence-electron chi connectivity index (χ3n) is 3.76. The van der Waals surface area contributed by atoms with Crippen LogP contribution in [-0.2, 0) is 0 Å². The number of nitrogens with one attached hydrogen (secondary N) is 1. The summed E-state index contributed by atoms with van der Waals surface area (Å²) in [4.78, 5) is 0. The maximum Gasteiger partial charge on any atom is 0.0280 e. The Bertz CT molecular complexity index is 177. The summed E-state index contributed by atoms with van der Waals surface area (Å²) in [5.74, 6) is 0.700. The maximum atomic E-state index is 6.14. The van der Waals surface area contributed by atoms with Gasteiger partial charge in [-0.3, -0.25) is 0 Å². The Kier molecular flexibility index (Phi) is 3.59. The minimum absolute atomic E-state index is 0.123. The van der Waals surface area contributed by atoms with Gasteiger partial charge in [-0.15, -0.1) is 0 Å². The number of hydrogen-bond donors (Lipinski definition) is 2. The molecule has 1 saturated carbocycles. The molecule has 1 fully saturated rings. The lowest BCUT2D eigenvalue weighted by molar-refractivity contribution is 0.211. The van der Waals surface area contributed by atoms with E-state index in [-0.39, 0.29) is 5.54 Å². The van der Waals surface area contributed by atoms with Crippen LogP contribution in [0.2, 0.25) is 0 Å². The van der Waals surface area contributed by atoms with E-state index in [1.165, 1.54) is 19.3 Å². The topological polar surface area (TPSA) is 38.0 Å². The van der Waals surface area contributed by atoms with Crippen LogP contribution in [0, 0.1) is 11.3 Å². The fraction of sp³-hybridized carbons (Fsp3) is 1.00. The average molecular weight is 198 g/mol. The molecule has 0 aromatic heterocycles. The molecule has 2 heteroatoms. The molecular weight excluding hydrogens is 172 g/mol. The molecule has 0 amide bonds. The largest absolute Gasteiger partial charge is 0.324 e. The first-order valence-corrected chi connectivity index (χ1v) is 5.83. The first-order chi connectivity index (χ1) is 6.33. The predicted octanol–water partition coefficient (Wildman–Crippen LogP) is 2.14. The van der Waals surface area contributed by atoms with Gasteiger partial charge in [0, 0.05) is 12.1 Å². The van der Waals surface area contributed by atoms with E-state index >= 15 is 0 Å². The Hall–Kier alpha value is -0.0800. The van der Waals surface area contributed by atoms with Crippen molar-refractivity contribution in [2.24, 2.45) is 17.1 Å². The molecule has 84 valence electrons. The van der Waals surface area contributed by atoms with Crippen molar-refractivity contribution in [2.75, 3.05) is 13.1 Å². The third kappa shape index (κ3) is 3.25. The normalized spacial score (nSPS) is 22.9. The molecule has 0 spiro atoms. The van der Waals surface area contributed by atoms with Crippen molar-refractivity contribution in [3.8, 4) is 0 Å². The zero-order valence-electron chi connectivity index (χ0n) is 10.2. The van der Waals surface area contributed by atoms with E-state index in [4.69, 9.17) is 5.73 Å². The Morgan fingerprint density at radius 2 is 1.93 bits per heavy atom. The van der Waals surface area contributed by atoms with Gasteiger partial charge in [0.25, 0.3) is 0 Å². The zero-order chi connectivity index (χ0) is 10.8. The van der Waals surface area contributed by atoms with Gasteiger partial charge < -0.3 is 11.1 Å². The SMILES string of the molecule is CC(CNCC1(N)CCC1)C(C)(C)C. The highest BCUT2D eigenvalue weighted by Gasteiger charge is 2.32. The molecule has 0 radical (unpaired) electrons. The van der Waals surface area contributed by atoms with Crippen LogP contribution < -0.4 is 11.1 Å². The van der Waals surface area contributed by atoms with Crippen LogP contribution in [0.1, 0.15) is 47.0 Å². The minimum Gasteiger partial charge on any atom is -0.324 e. The molecule has 1 unspecified atom stereocenters. The quantitative estimate of drug-likeness (QED) is 0.726. The third-order valence-corrected chi connectivity index (χ3v) is 3.76. The van der Waals surface area contributed by atoms with E-state index in [9.17, 15) is 0 Å². The number of hydrogen-bond acceptors (Lipinski definition) is 2. The van der Waals surface area contributed by atoms with Crippen LogP contribution in [0.25, 0.3) is 0 Å². The monoisotopic (exact) mass is 198 g/mol. The molecule has 14 heavy (non-hydrogen) atoms. The second kappa shape index (κ2) is 4.19. The molecule has 3 N–H and O–H groups in total. The summed E-state index contributed by atoms with van der Waals surface area (Å²) in [6.45, 7) is 11.3. The van der Waals surface area contributed by atoms with Gasteiger partial charge in [-0.2, -0.15) is 0 Å². The molecule has 0 bridgehead atoms. The fourth-order valence-electron chi connectivity index (χ4n) is 1.65. The average Bonchev–Trinajstić information content (AvgIpc) is 1.99. The van der Waals surface area contributed by atoms with Crippen molar-refractivity contribution in [3.63, 3.8) is 0 Å². The minimum atomic E-state index is 0.123. The Balaban J connectivity index is 2.15. The summed E-state index contributed by atoms with van der Waals surface area (Å²) in [7, 11) is 0. The van der Waals surface area contributed by atoms with Crippen molar-refractivity contribution in [1.29, 1.82) is 0 Å². The van der Waals surface area contributed by atoms with Crippen LogP contribution in [0.5, 0.6) is 0 Å². The summed E-state index contributed by atoms with van der Waals surface area (Å²) >= 11 is 0. The van der Waals surface area contributed by atoms with Crippen LogP contribution in [0.4, 0.5) is 0 Å². The Labute approximate surface area is 88.6 Å². The lowest BCUT2D eigenvalue weighted by Gasteiger charge is -2.39. The second-order valence-corrected chi connectivity index (χ2v) is 6.11. The molecule has 1 rings (SSSR count). The molecule has 2 nitrogen and oxygen atoms in total. The van der Waals surface area contributed by atoms with Gasteiger partial charge in [-0.25, -0.2) is 0 Å². The smallest absolute Gasteiger partial charge is 0.0280 e. The molecule has 0 saturated heterocycles. The van der Waals surface area contributed by atoms with Crippen LogP contribution in [0.15, 0.2) is 0 Å². The second-order valence-electron chi connectivity index (χ2n) is 6.11. The molecule has 1 aliphatic rings. The molecular formula is C12H26N2. The van der Waals surface area contributed by atoms with Gasteiger partial charge in [0.2, 0.25) is 0 Å². The van der Waals surface area contributed by atoms with E-state index in [0.717, 1.165) is 13.1 Å². The summed E-state index contributed by atoms with van der Waals surface area (Å²) in [6, 6.07) is 0. The number of rotatable bonds is 4. The van der Waals surface area contributed by atoms with E-state index < -0.39 is 0 Å². The van der Waals surface area contributed by atoms with Crippen LogP contribution >= 0.6 is 0 Å². The zero-order valence-corrected chi connectivity index (χ0v) is 10.2. The first kappa shape index (κ1) is 12.0. The summed E-state index contributed by atoms with van der Waals surface area (Å²) < 4.78 is 0. The first-order valence-electron chi connectivity index (χ1n) is 5.83. The molecule has 0 heterocycles. The highest BCUT2D eigenvalue weighted by molar-refractivity contribution is 4.94. The highest BCUT2D eigenvalue weighted by atomic mass is 14.9. The van der Waals surface area contributed by atoms with Gasteiger partial charge in [0.1, 0.15) is 0 Å². The van der Waals surface area contributed by atoms with E-state index in [1.807, 2.05) is 0 Å². The summed E-state index contributed by atoms with van der Waals surface area (Å²) in [5, 5.41) is 3.51. The Morgan fingerprint density at radius 3 is 2.29 bits per heavy atom. The van der Waals surface area contributed by atoms with Gasteiger partial charge >= 0.3 is 0 Å². The predicted molar refractivity (Wildman–Crippen MR) is 62.3 cm³/mol. The molecule has 1 atom stereocenters. The Morgan fingerprint density at radius 1 is 1.36 bits per heavy atom. The van der Waals surface area contributed by atoms with Crippen molar-refractivity contribution >= 4 is 0 Å². The molecule has 0 aromatic rings. The van der Waals surface area contributed by atoms with E-state index in [2.05, 4.69) is 33.0 Å². The lowest BCUT2D eigenvalue weighted by atomic mass is 9.77. The van der Waals surface area contributed by atoms with Crippen LogP contribution in [-0.4, -0.2) is 18.6 Å². The molecule has 1 aliphatic carbocycles. The summed E-state index contributed by atoms with van der Waals surface area (Å²) in [5.41, 5.74) is 6.66. The summed E-state index contributed by atoms with van der Waals surface area (Å²) in [6.07, 6.45) is 3.71. The van der Waals surface area contributed by atoms with Crippen molar-refractivity contribution in [2.45, 2.75) is 52.5 Å². The van der Waals surface area contributed by atoms with Crippen molar-refractivity contribution in [3.05, 3.63) is 0 Å². The van der Waals surface area contributed by atoms with Crippen molar-refractivity contribution < 1.29 is 0 Å². The van der Waals surface area contributed by atoms with Gasteiger partial charge in [-0.05, 0) is 37.1 Å². The molecule has 0 aromatic carbocycles. The van der Waals surface area contributed by atoms with E-state index in [1.54, 1.807) is 0 Å². The van der Waals surface area contributed by atoms with Crippen LogP contribution in [0.3, 0.4) is 0 Å². The van der Waals surface area contributed by atoms with Crippen molar-refractivity contribution in [1.82, 2.24) is 5.32 Å². The highest BCUT2D eigenvalue weighted by Crippen LogP contribution is 2.29.